The maximum Gasteiger partial charge on any atom is 0.0816 e. The van der Waals surface area contributed by atoms with Gasteiger partial charge in [-0.1, -0.05) is 0 Å². The molecule has 0 spiro atoms. The summed E-state index contributed by atoms with van der Waals surface area (Å²) in [5, 5.41) is 1.21. The maximum atomic E-state index is 4.47. The van der Waals surface area contributed by atoms with Crippen LogP contribution < -0.4 is 0 Å². The first-order chi connectivity index (χ1) is 5.06. The third-order valence-corrected chi connectivity index (χ3v) is 1.80. The zero-order valence-corrected chi connectivity index (χ0v) is 8.90. The monoisotopic (exact) mass is 174 g/mol. The third-order valence-electron chi connectivity index (χ3n) is 1.09. The third kappa shape index (κ3) is 6.38. The first kappa shape index (κ1) is 11.0. The summed E-state index contributed by atoms with van der Waals surface area (Å²) >= 11 is 1.73. The van der Waals surface area contributed by atoms with Gasteiger partial charge in [-0.25, -0.2) is 0 Å². The second kappa shape index (κ2) is 5.61. The van der Waals surface area contributed by atoms with E-state index in [1.54, 1.807) is 11.8 Å². The minimum Gasteiger partial charge on any atom is -0.303 e. The average Bonchev–Trinajstić information content (AvgIpc) is 1.84. The fourth-order valence-electron chi connectivity index (χ4n) is 0.717. The highest BCUT2D eigenvalue weighted by Gasteiger charge is 1.99. The van der Waals surface area contributed by atoms with Gasteiger partial charge in [0.2, 0.25) is 0 Å². The molecule has 0 fully saturated rings. The van der Waals surface area contributed by atoms with Gasteiger partial charge in [-0.15, -0.1) is 11.8 Å². The highest BCUT2D eigenvalue weighted by molar-refractivity contribution is 8.13. The Morgan fingerprint density at radius 1 is 1.45 bits per heavy atom. The van der Waals surface area contributed by atoms with E-state index in [4.69, 9.17) is 0 Å². The zero-order chi connectivity index (χ0) is 8.85. The Kier molecular flexibility index (Phi) is 5.60. The highest BCUT2D eigenvalue weighted by atomic mass is 32.2. The fraction of sp³-hybridized carbons (Fsp3) is 0.875. The van der Waals surface area contributed by atoms with Crippen molar-refractivity contribution in [3.05, 3.63) is 0 Å². The van der Waals surface area contributed by atoms with Crippen LogP contribution in [-0.4, -0.2) is 42.9 Å². The predicted molar refractivity (Wildman–Crippen MR) is 54.6 cm³/mol. The Morgan fingerprint density at radius 2 is 2.00 bits per heavy atom. The Balaban J connectivity index is 3.94. The van der Waals surface area contributed by atoms with Crippen molar-refractivity contribution in [1.29, 1.82) is 0 Å². The topological polar surface area (TPSA) is 15.6 Å². The van der Waals surface area contributed by atoms with Gasteiger partial charge >= 0.3 is 0 Å². The van der Waals surface area contributed by atoms with Crippen molar-refractivity contribution >= 4 is 16.8 Å². The molecule has 0 saturated heterocycles. The summed E-state index contributed by atoms with van der Waals surface area (Å²) in [7, 11) is 4.12. The first-order valence-electron chi connectivity index (χ1n) is 3.81. The van der Waals surface area contributed by atoms with Crippen LogP contribution in [0, 0.1) is 0 Å². The van der Waals surface area contributed by atoms with Crippen LogP contribution >= 0.6 is 11.8 Å². The molecule has 0 aliphatic rings. The van der Waals surface area contributed by atoms with Crippen molar-refractivity contribution in [2.24, 2.45) is 4.99 Å². The number of hydrogen-bond acceptors (Lipinski definition) is 3. The van der Waals surface area contributed by atoms with Crippen LogP contribution in [0.5, 0.6) is 0 Å². The van der Waals surface area contributed by atoms with Gasteiger partial charge in [-0.05, 0) is 34.2 Å². The molecule has 0 N–H and O–H groups in total. The van der Waals surface area contributed by atoms with Crippen LogP contribution in [0.1, 0.15) is 13.8 Å². The van der Waals surface area contributed by atoms with Crippen molar-refractivity contribution in [1.82, 2.24) is 4.90 Å². The predicted octanol–water partition coefficient (Wildman–Crippen LogP) is 1.72. The molecule has 3 heteroatoms. The van der Waals surface area contributed by atoms with Crippen LogP contribution in [0.2, 0.25) is 0 Å². The molecule has 0 aliphatic carbocycles. The van der Waals surface area contributed by atoms with E-state index >= 15 is 0 Å². The molecule has 0 heterocycles. The molecule has 0 amide bonds. The molecule has 66 valence electrons. The number of rotatable bonds is 3. The molecule has 0 atom stereocenters. The van der Waals surface area contributed by atoms with E-state index in [0.717, 1.165) is 6.54 Å². The lowest BCUT2D eigenvalue weighted by Gasteiger charge is -2.11. The van der Waals surface area contributed by atoms with Crippen LogP contribution in [0.4, 0.5) is 0 Å². The lowest BCUT2D eigenvalue weighted by atomic mass is 10.4. The van der Waals surface area contributed by atoms with E-state index in [2.05, 4.69) is 44.1 Å². The van der Waals surface area contributed by atoms with Gasteiger partial charge in [0.15, 0.2) is 0 Å². The van der Waals surface area contributed by atoms with E-state index in [-0.39, 0.29) is 0 Å². The van der Waals surface area contributed by atoms with Gasteiger partial charge in [0, 0.05) is 12.6 Å². The van der Waals surface area contributed by atoms with Gasteiger partial charge in [-0.2, -0.15) is 0 Å². The smallest absolute Gasteiger partial charge is 0.0816 e. The van der Waals surface area contributed by atoms with Crippen LogP contribution in [-0.2, 0) is 0 Å². The van der Waals surface area contributed by atoms with Gasteiger partial charge in [0.1, 0.15) is 0 Å². The number of hydrogen-bond donors (Lipinski definition) is 0. The quantitative estimate of drug-likeness (QED) is 0.478. The van der Waals surface area contributed by atoms with Gasteiger partial charge < -0.3 is 4.90 Å². The largest absolute Gasteiger partial charge is 0.303 e. The van der Waals surface area contributed by atoms with Gasteiger partial charge in [0.25, 0.3) is 0 Å². The molecule has 0 aliphatic heterocycles. The van der Waals surface area contributed by atoms with E-state index in [0.29, 0.717) is 6.04 Å². The molecule has 11 heavy (non-hydrogen) atoms. The molecule has 2 nitrogen and oxygen atoms in total. The molecular formula is C8H18N2S. The maximum absolute atomic E-state index is 4.47. The normalized spacial score (nSPS) is 13.2. The Hall–Kier alpha value is -0.0200. The summed E-state index contributed by atoms with van der Waals surface area (Å²) in [6.45, 7) is 5.16. The molecule has 0 aromatic carbocycles. The second-order valence-electron chi connectivity index (χ2n) is 3.06. The van der Waals surface area contributed by atoms with E-state index in [1.807, 2.05) is 0 Å². The molecular weight excluding hydrogens is 156 g/mol. The Labute approximate surface area is 74.1 Å². The van der Waals surface area contributed by atoms with Crippen molar-refractivity contribution in [3.63, 3.8) is 0 Å². The summed E-state index contributed by atoms with van der Waals surface area (Å²) in [6.07, 6.45) is 2.07. The van der Waals surface area contributed by atoms with Crippen molar-refractivity contribution in [2.45, 2.75) is 19.9 Å². The lowest BCUT2D eigenvalue weighted by Crippen LogP contribution is -2.20. The summed E-state index contributed by atoms with van der Waals surface area (Å²) in [4.78, 5) is 6.61. The summed E-state index contributed by atoms with van der Waals surface area (Å²) in [5.74, 6) is 0. The number of aliphatic imine (C=N–C) groups is 1. The SMILES string of the molecule is CSC(CN(C)C)=NC(C)C. The molecule has 0 aromatic rings. The van der Waals surface area contributed by atoms with E-state index in [1.165, 1.54) is 5.04 Å². The van der Waals surface area contributed by atoms with Crippen molar-refractivity contribution in [3.8, 4) is 0 Å². The van der Waals surface area contributed by atoms with Crippen molar-refractivity contribution in [2.75, 3.05) is 26.9 Å². The molecule has 0 bridgehead atoms. The van der Waals surface area contributed by atoms with Crippen LogP contribution in [0.25, 0.3) is 0 Å². The molecule has 0 unspecified atom stereocenters. The number of thioether (sulfide) groups is 1. The summed E-state index contributed by atoms with van der Waals surface area (Å²) < 4.78 is 0. The van der Waals surface area contributed by atoms with Crippen LogP contribution in [0.15, 0.2) is 4.99 Å². The average molecular weight is 174 g/mol. The first-order valence-corrected chi connectivity index (χ1v) is 5.04. The Morgan fingerprint density at radius 3 is 2.27 bits per heavy atom. The second-order valence-corrected chi connectivity index (χ2v) is 3.94. The molecule has 0 aromatic heterocycles. The van der Waals surface area contributed by atoms with E-state index < -0.39 is 0 Å². The van der Waals surface area contributed by atoms with Gasteiger partial charge in [0.05, 0.1) is 5.04 Å². The Bertz CT molecular complexity index is 130. The van der Waals surface area contributed by atoms with Crippen molar-refractivity contribution < 1.29 is 0 Å². The standard InChI is InChI=1S/C8H18N2S/c1-7(2)9-8(11-5)6-10(3)4/h7H,6H2,1-5H3. The lowest BCUT2D eigenvalue weighted by molar-refractivity contribution is 0.471. The molecule has 0 radical (unpaired) electrons. The van der Waals surface area contributed by atoms with Gasteiger partial charge in [-0.3, -0.25) is 4.99 Å². The minimum atomic E-state index is 0.414. The highest BCUT2D eigenvalue weighted by Crippen LogP contribution is 2.02. The number of nitrogens with zero attached hydrogens (tertiary/aromatic N) is 2. The van der Waals surface area contributed by atoms with E-state index in [9.17, 15) is 0 Å². The summed E-state index contributed by atoms with van der Waals surface area (Å²) in [6, 6.07) is 0.414. The molecule has 0 saturated carbocycles. The molecule has 0 rings (SSSR count). The summed E-state index contributed by atoms with van der Waals surface area (Å²) in [5.41, 5.74) is 0. The fourth-order valence-corrected chi connectivity index (χ4v) is 1.42. The minimum absolute atomic E-state index is 0.414. The zero-order valence-electron chi connectivity index (χ0n) is 8.09. The van der Waals surface area contributed by atoms with Crippen LogP contribution in [0.3, 0.4) is 0 Å².